The summed E-state index contributed by atoms with van der Waals surface area (Å²) in [4.78, 5) is 22.6. The number of carboxylic acid groups (broad SMARTS) is 1. The van der Waals surface area contributed by atoms with E-state index in [4.69, 9.17) is 19.7 Å². The number of hydrogen-bond acceptors (Lipinski definition) is 9. The highest BCUT2D eigenvalue weighted by Crippen LogP contribution is 2.22. The number of aromatic carboxylic acids is 1. The molecule has 0 fully saturated rings. The van der Waals surface area contributed by atoms with Crippen LogP contribution in [0, 0.1) is 17.1 Å². The first-order chi connectivity index (χ1) is 19.4. The molecular formula is C28H26FN7O4. The van der Waals surface area contributed by atoms with Crippen LogP contribution in [0.2, 0.25) is 0 Å². The largest absolute Gasteiger partial charge is 0.478 e. The number of benzene rings is 2. The number of imidazole rings is 1. The number of nitrogens with zero attached hydrogens (tertiary/aromatic N) is 7. The van der Waals surface area contributed by atoms with E-state index >= 15 is 0 Å². The molecule has 5 rings (SSSR count). The van der Waals surface area contributed by atoms with Gasteiger partial charge in [0, 0.05) is 31.8 Å². The Morgan fingerprint density at radius 1 is 1.15 bits per heavy atom. The van der Waals surface area contributed by atoms with Crippen molar-refractivity contribution in [2.24, 2.45) is 5.10 Å². The maximum atomic E-state index is 14.2. The van der Waals surface area contributed by atoms with Crippen LogP contribution in [0.3, 0.4) is 0 Å². The molecule has 0 spiro atoms. The molecule has 1 aliphatic heterocycles. The molecule has 2 aromatic heterocycles. The van der Waals surface area contributed by atoms with Crippen molar-refractivity contribution in [3.05, 3.63) is 82.9 Å². The van der Waals surface area contributed by atoms with E-state index in [1.165, 1.54) is 12.1 Å². The number of halogens is 1. The van der Waals surface area contributed by atoms with E-state index in [-0.39, 0.29) is 17.7 Å². The lowest BCUT2D eigenvalue weighted by Gasteiger charge is -2.29. The van der Waals surface area contributed by atoms with Crippen LogP contribution in [0.25, 0.3) is 11.0 Å². The van der Waals surface area contributed by atoms with Gasteiger partial charge >= 0.3 is 5.97 Å². The van der Waals surface area contributed by atoms with Gasteiger partial charge in [-0.25, -0.2) is 14.2 Å². The highest BCUT2D eigenvalue weighted by molar-refractivity contribution is 5.92. The number of pyridine rings is 1. The van der Waals surface area contributed by atoms with E-state index in [9.17, 15) is 14.3 Å². The molecular weight excluding hydrogens is 517 g/mol. The number of anilines is 1. The molecule has 12 heteroatoms. The second-order valence-electron chi connectivity index (χ2n) is 9.03. The number of ether oxygens (including phenoxy) is 2. The molecule has 40 heavy (non-hydrogen) atoms. The summed E-state index contributed by atoms with van der Waals surface area (Å²) in [7, 11) is 1.62. The number of hydrogen-bond donors (Lipinski definition) is 1. The summed E-state index contributed by atoms with van der Waals surface area (Å²) >= 11 is 0. The zero-order chi connectivity index (χ0) is 28.1. The van der Waals surface area contributed by atoms with Crippen molar-refractivity contribution in [2.45, 2.75) is 19.7 Å². The van der Waals surface area contributed by atoms with Crippen LogP contribution in [-0.4, -0.2) is 63.8 Å². The predicted molar refractivity (Wildman–Crippen MR) is 145 cm³/mol. The van der Waals surface area contributed by atoms with Crippen LogP contribution < -0.4 is 9.64 Å². The average molecular weight is 544 g/mol. The molecule has 4 aromatic rings. The summed E-state index contributed by atoms with van der Waals surface area (Å²) in [6, 6.07) is 16.4. The van der Waals surface area contributed by atoms with Crippen molar-refractivity contribution in [2.75, 3.05) is 31.7 Å². The normalized spacial score (nSPS) is 13.0. The molecule has 1 aliphatic rings. The molecule has 0 amide bonds. The Kier molecular flexibility index (Phi) is 7.84. The molecule has 0 atom stereocenters. The van der Waals surface area contributed by atoms with Gasteiger partial charge in [-0.05, 0) is 36.4 Å². The molecule has 0 unspecified atom stereocenters. The van der Waals surface area contributed by atoms with Gasteiger partial charge in [0.15, 0.2) is 0 Å². The standard InChI is InChI=1S/C28H26FN7O4/c1-39-12-11-36-24-14-20(28(37)38)7-8-23(24)32-26(36)16-35-10-9-34(18-31-35)25-3-2-4-27(33-25)40-17-21-6-5-19(15-30)13-22(21)29/h2-8,13-14,18H,9-12,16-17H2,1H3,(H,37,38). The summed E-state index contributed by atoms with van der Waals surface area (Å²) in [5, 5.41) is 24.8. The maximum Gasteiger partial charge on any atom is 0.335 e. The maximum absolute atomic E-state index is 14.2. The van der Waals surface area contributed by atoms with Gasteiger partial charge in [0.2, 0.25) is 5.88 Å². The fourth-order valence-corrected chi connectivity index (χ4v) is 4.32. The SMILES string of the molecule is COCCn1c(CN2CCN(c3cccc(OCc4ccc(C#N)cc4F)n3)C=N2)nc2ccc(C(=O)O)cc21. The molecule has 11 nitrogen and oxygen atoms in total. The minimum absolute atomic E-state index is 0.0199. The Hall–Kier alpha value is -5.02. The number of rotatable bonds is 10. The lowest BCUT2D eigenvalue weighted by atomic mass is 10.1. The van der Waals surface area contributed by atoms with Crippen molar-refractivity contribution in [3.8, 4) is 11.9 Å². The van der Waals surface area contributed by atoms with Gasteiger partial charge in [-0.2, -0.15) is 15.3 Å². The predicted octanol–water partition coefficient (Wildman–Crippen LogP) is 3.63. The van der Waals surface area contributed by atoms with E-state index in [1.54, 1.807) is 49.8 Å². The van der Waals surface area contributed by atoms with Crippen molar-refractivity contribution in [3.63, 3.8) is 0 Å². The second-order valence-corrected chi connectivity index (χ2v) is 9.03. The lowest BCUT2D eigenvalue weighted by Crippen LogP contribution is -2.38. The fourth-order valence-electron chi connectivity index (χ4n) is 4.32. The number of aromatic nitrogens is 3. The third kappa shape index (κ3) is 5.84. The van der Waals surface area contributed by atoms with Crippen LogP contribution in [0.4, 0.5) is 10.2 Å². The third-order valence-corrected chi connectivity index (χ3v) is 6.43. The molecule has 0 bridgehead atoms. The van der Waals surface area contributed by atoms with Crippen LogP contribution in [0.1, 0.15) is 27.3 Å². The molecule has 1 N–H and O–H groups in total. The minimum atomic E-state index is -0.992. The first-order valence-corrected chi connectivity index (χ1v) is 12.5. The average Bonchev–Trinajstić information content (AvgIpc) is 3.31. The van der Waals surface area contributed by atoms with Crippen LogP contribution in [-0.2, 0) is 24.4 Å². The van der Waals surface area contributed by atoms with Gasteiger partial charge in [0.05, 0.1) is 47.9 Å². The van der Waals surface area contributed by atoms with E-state index in [2.05, 4.69) is 10.1 Å². The topological polar surface area (TPSA) is 129 Å². The van der Waals surface area contributed by atoms with E-state index < -0.39 is 11.8 Å². The number of nitriles is 1. The highest BCUT2D eigenvalue weighted by atomic mass is 19.1. The third-order valence-electron chi connectivity index (χ3n) is 6.43. The van der Waals surface area contributed by atoms with Crippen molar-refractivity contribution >= 4 is 29.2 Å². The number of methoxy groups -OCH3 is 1. The Morgan fingerprint density at radius 3 is 2.75 bits per heavy atom. The van der Waals surface area contributed by atoms with Gasteiger partial charge in [-0.15, -0.1) is 0 Å². The van der Waals surface area contributed by atoms with Gasteiger partial charge < -0.3 is 24.0 Å². The lowest BCUT2D eigenvalue weighted by molar-refractivity contribution is 0.0697. The summed E-state index contributed by atoms with van der Waals surface area (Å²) < 4.78 is 27.1. The zero-order valence-corrected chi connectivity index (χ0v) is 21.7. The first kappa shape index (κ1) is 26.6. The number of fused-ring (bicyclic) bond motifs is 1. The Labute approximate surface area is 229 Å². The zero-order valence-electron chi connectivity index (χ0n) is 21.7. The molecule has 0 aliphatic carbocycles. The highest BCUT2D eigenvalue weighted by Gasteiger charge is 2.19. The summed E-state index contributed by atoms with van der Waals surface area (Å²) in [6.07, 6.45) is 1.68. The Balaban J connectivity index is 1.27. The van der Waals surface area contributed by atoms with Gasteiger partial charge in [0.1, 0.15) is 30.4 Å². The van der Waals surface area contributed by atoms with Crippen molar-refractivity contribution < 1.29 is 23.8 Å². The molecule has 0 radical (unpaired) electrons. The number of carbonyl (C=O) groups is 1. The van der Waals surface area contributed by atoms with Gasteiger partial charge in [-0.3, -0.25) is 5.01 Å². The van der Waals surface area contributed by atoms with Crippen molar-refractivity contribution in [1.82, 2.24) is 19.5 Å². The fraction of sp³-hybridized carbons (Fsp3) is 0.250. The van der Waals surface area contributed by atoms with Crippen molar-refractivity contribution in [1.29, 1.82) is 5.26 Å². The molecule has 2 aromatic carbocycles. The summed E-state index contributed by atoms with van der Waals surface area (Å²) in [6.45, 7) is 2.58. The van der Waals surface area contributed by atoms with E-state index in [0.717, 1.165) is 11.3 Å². The minimum Gasteiger partial charge on any atom is -0.478 e. The van der Waals surface area contributed by atoms with Gasteiger partial charge in [0.25, 0.3) is 0 Å². The number of carboxylic acids is 1. The van der Waals surface area contributed by atoms with Gasteiger partial charge in [-0.1, -0.05) is 12.1 Å². The van der Waals surface area contributed by atoms with Crippen LogP contribution in [0.15, 0.2) is 59.7 Å². The monoisotopic (exact) mass is 543 g/mol. The van der Waals surface area contributed by atoms with Crippen LogP contribution in [0.5, 0.6) is 5.88 Å². The first-order valence-electron chi connectivity index (χ1n) is 12.5. The quantitative estimate of drug-likeness (QED) is 0.319. The van der Waals surface area contributed by atoms with E-state index in [0.29, 0.717) is 55.6 Å². The van der Waals surface area contributed by atoms with E-state index in [1.807, 2.05) is 26.6 Å². The molecule has 204 valence electrons. The summed E-state index contributed by atoms with van der Waals surface area (Å²) in [5.41, 5.74) is 2.22. The Bertz CT molecular complexity index is 1610. The smallest absolute Gasteiger partial charge is 0.335 e. The van der Waals surface area contributed by atoms with Crippen LogP contribution >= 0.6 is 0 Å². The number of hydrazone groups is 1. The summed E-state index contributed by atoms with van der Waals surface area (Å²) in [5.74, 6) is 0.229. The Morgan fingerprint density at radius 2 is 2.02 bits per heavy atom. The second kappa shape index (κ2) is 11.8. The molecule has 0 saturated heterocycles. The molecule has 0 saturated carbocycles. The molecule has 3 heterocycles.